The van der Waals surface area contributed by atoms with E-state index in [1.807, 2.05) is 6.92 Å². The molecule has 0 amide bonds. The zero-order valence-corrected chi connectivity index (χ0v) is 7.53. The number of rotatable bonds is 3. The monoisotopic (exact) mass is 179 g/mol. The standard InChI is InChI=1S/C10H13NO2/c1-2-9(11)7-5-3-4-6-8(7)10(12)13/h3-6,9H,2,11H2,1H3,(H,12,13)/t9-/m0/s1. The zero-order valence-electron chi connectivity index (χ0n) is 7.53. The number of benzene rings is 1. The van der Waals surface area contributed by atoms with Crippen molar-refractivity contribution in [3.8, 4) is 0 Å². The van der Waals surface area contributed by atoms with Crippen LogP contribution in [0.15, 0.2) is 24.3 Å². The lowest BCUT2D eigenvalue weighted by molar-refractivity contribution is 0.0695. The van der Waals surface area contributed by atoms with E-state index in [4.69, 9.17) is 10.8 Å². The van der Waals surface area contributed by atoms with Crippen molar-refractivity contribution < 1.29 is 9.90 Å². The van der Waals surface area contributed by atoms with Crippen molar-refractivity contribution in [1.82, 2.24) is 0 Å². The van der Waals surface area contributed by atoms with Gasteiger partial charge in [-0.2, -0.15) is 0 Å². The Balaban J connectivity index is 3.11. The quantitative estimate of drug-likeness (QED) is 0.743. The smallest absolute Gasteiger partial charge is 0.336 e. The zero-order chi connectivity index (χ0) is 9.84. The molecule has 0 aromatic heterocycles. The average molecular weight is 179 g/mol. The van der Waals surface area contributed by atoms with Gasteiger partial charge in [0.05, 0.1) is 5.56 Å². The van der Waals surface area contributed by atoms with Crippen LogP contribution < -0.4 is 5.73 Å². The molecular formula is C10H13NO2. The highest BCUT2D eigenvalue weighted by Crippen LogP contribution is 2.18. The van der Waals surface area contributed by atoms with Crippen LogP contribution in [0.4, 0.5) is 0 Å². The lowest BCUT2D eigenvalue weighted by Gasteiger charge is -2.11. The van der Waals surface area contributed by atoms with Crippen LogP contribution in [0.2, 0.25) is 0 Å². The Kier molecular flexibility index (Phi) is 3.03. The van der Waals surface area contributed by atoms with Crippen molar-refractivity contribution in [1.29, 1.82) is 0 Å². The molecule has 3 N–H and O–H groups in total. The fourth-order valence-corrected chi connectivity index (χ4v) is 1.24. The number of carbonyl (C=O) groups is 1. The minimum absolute atomic E-state index is 0.188. The second-order valence-electron chi connectivity index (χ2n) is 2.91. The molecule has 0 unspecified atom stereocenters. The van der Waals surface area contributed by atoms with Crippen LogP contribution in [0.25, 0.3) is 0 Å². The summed E-state index contributed by atoms with van der Waals surface area (Å²) >= 11 is 0. The fourth-order valence-electron chi connectivity index (χ4n) is 1.24. The summed E-state index contributed by atoms with van der Waals surface area (Å²) in [7, 11) is 0. The summed E-state index contributed by atoms with van der Waals surface area (Å²) in [4.78, 5) is 10.8. The van der Waals surface area contributed by atoms with Crippen molar-refractivity contribution in [2.24, 2.45) is 5.73 Å². The van der Waals surface area contributed by atoms with Crippen LogP contribution in [-0.2, 0) is 0 Å². The summed E-state index contributed by atoms with van der Waals surface area (Å²) < 4.78 is 0. The molecule has 0 radical (unpaired) electrons. The molecule has 0 aliphatic rings. The van der Waals surface area contributed by atoms with Gasteiger partial charge in [-0.1, -0.05) is 25.1 Å². The molecule has 1 aromatic carbocycles. The van der Waals surface area contributed by atoms with Gasteiger partial charge in [0.1, 0.15) is 0 Å². The van der Waals surface area contributed by atoms with Crippen LogP contribution in [0.3, 0.4) is 0 Å². The van der Waals surface area contributed by atoms with Crippen molar-refractivity contribution in [3.63, 3.8) is 0 Å². The number of hydrogen-bond acceptors (Lipinski definition) is 2. The van der Waals surface area contributed by atoms with Crippen LogP contribution in [0.5, 0.6) is 0 Å². The van der Waals surface area contributed by atoms with Crippen molar-refractivity contribution in [2.45, 2.75) is 19.4 Å². The molecule has 1 atom stereocenters. The Morgan fingerprint density at radius 2 is 2.15 bits per heavy atom. The lowest BCUT2D eigenvalue weighted by atomic mass is 9.99. The topological polar surface area (TPSA) is 63.3 Å². The highest BCUT2D eigenvalue weighted by Gasteiger charge is 2.12. The molecular weight excluding hydrogens is 166 g/mol. The molecule has 13 heavy (non-hydrogen) atoms. The first-order valence-electron chi connectivity index (χ1n) is 4.24. The molecule has 1 aromatic rings. The first kappa shape index (κ1) is 9.74. The van der Waals surface area contributed by atoms with E-state index in [0.717, 1.165) is 6.42 Å². The molecule has 0 fully saturated rings. The Morgan fingerprint density at radius 3 is 2.69 bits per heavy atom. The molecule has 0 heterocycles. The van der Waals surface area contributed by atoms with Crippen molar-refractivity contribution in [3.05, 3.63) is 35.4 Å². The van der Waals surface area contributed by atoms with E-state index in [0.29, 0.717) is 11.1 Å². The van der Waals surface area contributed by atoms with Crippen LogP contribution in [-0.4, -0.2) is 11.1 Å². The first-order chi connectivity index (χ1) is 6.16. The maximum Gasteiger partial charge on any atom is 0.336 e. The van der Waals surface area contributed by atoms with Crippen LogP contribution >= 0.6 is 0 Å². The van der Waals surface area contributed by atoms with Gasteiger partial charge >= 0.3 is 5.97 Å². The fraction of sp³-hybridized carbons (Fsp3) is 0.300. The third-order valence-corrected chi connectivity index (χ3v) is 2.03. The van der Waals surface area contributed by atoms with Gasteiger partial charge in [0.25, 0.3) is 0 Å². The Hall–Kier alpha value is -1.35. The summed E-state index contributed by atoms with van der Waals surface area (Å²) in [5.41, 5.74) is 6.78. The minimum Gasteiger partial charge on any atom is -0.478 e. The number of carboxylic acids is 1. The highest BCUT2D eigenvalue weighted by atomic mass is 16.4. The summed E-state index contributed by atoms with van der Waals surface area (Å²) in [6, 6.07) is 6.66. The predicted molar refractivity (Wildman–Crippen MR) is 50.6 cm³/mol. The van der Waals surface area contributed by atoms with Crippen LogP contribution in [0, 0.1) is 0 Å². The molecule has 70 valence electrons. The van der Waals surface area contributed by atoms with Gasteiger partial charge in [-0.15, -0.1) is 0 Å². The van der Waals surface area contributed by atoms with Gasteiger partial charge in [0.2, 0.25) is 0 Å². The number of aromatic carboxylic acids is 1. The first-order valence-corrected chi connectivity index (χ1v) is 4.24. The number of hydrogen-bond donors (Lipinski definition) is 2. The lowest BCUT2D eigenvalue weighted by Crippen LogP contribution is -2.13. The second kappa shape index (κ2) is 4.05. The maximum atomic E-state index is 10.8. The second-order valence-corrected chi connectivity index (χ2v) is 2.91. The number of carboxylic acid groups (broad SMARTS) is 1. The summed E-state index contributed by atoms with van der Waals surface area (Å²) in [6.45, 7) is 1.93. The summed E-state index contributed by atoms with van der Waals surface area (Å²) in [6.07, 6.45) is 0.740. The highest BCUT2D eigenvalue weighted by molar-refractivity contribution is 5.89. The SMILES string of the molecule is CC[C@H](N)c1ccccc1C(=O)O. The van der Waals surface area contributed by atoms with Gasteiger partial charge in [-0.3, -0.25) is 0 Å². The summed E-state index contributed by atoms with van der Waals surface area (Å²) in [5.74, 6) is -0.917. The molecule has 0 aliphatic heterocycles. The van der Waals surface area contributed by atoms with E-state index >= 15 is 0 Å². The van der Waals surface area contributed by atoms with E-state index in [9.17, 15) is 4.79 Å². The van der Waals surface area contributed by atoms with Gasteiger partial charge in [0.15, 0.2) is 0 Å². The minimum atomic E-state index is -0.917. The van der Waals surface area contributed by atoms with Crippen molar-refractivity contribution in [2.75, 3.05) is 0 Å². The molecule has 0 bridgehead atoms. The largest absolute Gasteiger partial charge is 0.478 e. The number of nitrogens with two attached hydrogens (primary N) is 1. The molecule has 3 nitrogen and oxygen atoms in total. The molecule has 0 saturated heterocycles. The Morgan fingerprint density at radius 1 is 1.54 bits per heavy atom. The molecule has 3 heteroatoms. The van der Waals surface area contributed by atoms with E-state index < -0.39 is 5.97 Å². The van der Waals surface area contributed by atoms with E-state index in [1.165, 1.54) is 0 Å². The normalized spacial score (nSPS) is 12.5. The maximum absolute atomic E-state index is 10.8. The van der Waals surface area contributed by atoms with E-state index in [2.05, 4.69) is 0 Å². The molecule has 0 aliphatic carbocycles. The average Bonchev–Trinajstić information content (AvgIpc) is 2.16. The third kappa shape index (κ3) is 2.06. The van der Waals surface area contributed by atoms with Crippen molar-refractivity contribution >= 4 is 5.97 Å². The Labute approximate surface area is 77.2 Å². The molecule has 0 saturated carbocycles. The predicted octanol–water partition coefficient (Wildman–Crippen LogP) is 1.79. The van der Waals surface area contributed by atoms with E-state index in [-0.39, 0.29) is 6.04 Å². The van der Waals surface area contributed by atoms with Gasteiger partial charge in [0, 0.05) is 6.04 Å². The Bertz CT molecular complexity index is 310. The molecule has 1 rings (SSSR count). The summed E-state index contributed by atoms with van der Waals surface area (Å²) in [5, 5.41) is 8.85. The molecule has 0 spiro atoms. The van der Waals surface area contributed by atoms with Gasteiger partial charge < -0.3 is 10.8 Å². The van der Waals surface area contributed by atoms with E-state index in [1.54, 1.807) is 24.3 Å². The third-order valence-electron chi connectivity index (χ3n) is 2.03. The van der Waals surface area contributed by atoms with Gasteiger partial charge in [-0.25, -0.2) is 4.79 Å². The van der Waals surface area contributed by atoms with Gasteiger partial charge in [-0.05, 0) is 18.1 Å². The van der Waals surface area contributed by atoms with Crippen LogP contribution in [0.1, 0.15) is 35.3 Å².